The molecule has 0 bridgehead atoms. The Morgan fingerprint density at radius 1 is 1.59 bits per heavy atom. The molecule has 1 aromatic rings. The average Bonchev–Trinajstić information content (AvgIpc) is 2.88. The predicted molar refractivity (Wildman–Crippen MR) is 63.7 cm³/mol. The van der Waals surface area contributed by atoms with E-state index in [0.717, 1.165) is 12.8 Å². The molecule has 2 heterocycles. The molecule has 1 aliphatic heterocycles. The largest absolute Gasteiger partial charge is 0.339 e. The van der Waals surface area contributed by atoms with E-state index in [1.807, 2.05) is 0 Å². The first-order valence-corrected chi connectivity index (χ1v) is 7.16. The van der Waals surface area contributed by atoms with Crippen molar-refractivity contribution in [1.82, 2.24) is 13.9 Å². The van der Waals surface area contributed by atoms with Crippen molar-refractivity contribution >= 4 is 10.0 Å². The Kier molecular flexibility index (Phi) is 3.50. The van der Waals surface area contributed by atoms with Crippen LogP contribution in [0.25, 0.3) is 0 Å². The van der Waals surface area contributed by atoms with Gasteiger partial charge in [0, 0.05) is 26.3 Å². The van der Waals surface area contributed by atoms with Gasteiger partial charge in [-0.15, -0.1) is 0 Å². The molecule has 96 valence electrons. The minimum absolute atomic E-state index is 0.133. The molecular weight excluding hydrogens is 240 g/mol. The summed E-state index contributed by atoms with van der Waals surface area (Å²) in [7, 11) is -1.65. The maximum absolute atomic E-state index is 12.2. The number of imidazole rings is 1. The standard InChI is InChI=1S/C10H18N4O2S/c1-13-7-10(12-8-13)17(15,16)14-5-3-9(6-14)2-4-11/h7-9H,2-6,11H2,1H3. The van der Waals surface area contributed by atoms with E-state index >= 15 is 0 Å². The molecule has 0 aliphatic carbocycles. The van der Waals surface area contributed by atoms with Gasteiger partial charge in [0.25, 0.3) is 10.0 Å². The number of sulfonamides is 1. The van der Waals surface area contributed by atoms with Gasteiger partial charge < -0.3 is 10.3 Å². The minimum Gasteiger partial charge on any atom is -0.339 e. The van der Waals surface area contributed by atoms with Gasteiger partial charge in [-0.2, -0.15) is 4.31 Å². The summed E-state index contributed by atoms with van der Waals surface area (Å²) in [5, 5.41) is 0.133. The predicted octanol–water partition coefficient (Wildman–Crippen LogP) is -0.220. The van der Waals surface area contributed by atoms with Crippen molar-refractivity contribution in [3.05, 3.63) is 12.5 Å². The molecule has 0 saturated carbocycles. The molecule has 2 N–H and O–H groups in total. The zero-order chi connectivity index (χ0) is 12.5. The highest BCUT2D eigenvalue weighted by molar-refractivity contribution is 7.89. The number of aryl methyl sites for hydroxylation is 1. The lowest BCUT2D eigenvalue weighted by Crippen LogP contribution is -2.29. The third kappa shape index (κ3) is 2.51. The maximum Gasteiger partial charge on any atom is 0.262 e. The van der Waals surface area contributed by atoms with Crippen molar-refractivity contribution in [2.24, 2.45) is 18.7 Å². The van der Waals surface area contributed by atoms with Crippen molar-refractivity contribution < 1.29 is 8.42 Å². The van der Waals surface area contributed by atoms with Crippen molar-refractivity contribution in [3.8, 4) is 0 Å². The smallest absolute Gasteiger partial charge is 0.262 e. The number of hydrogen-bond acceptors (Lipinski definition) is 4. The molecular formula is C10H18N4O2S. The topological polar surface area (TPSA) is 81.2 Å². The van der Waals surface area contributed by atoms with E-state index < -0.39 is 10.0 Å². The third-order valence-corrected chi connectivity index (χ3v) is 4.86. The molecule has 6 nitrogen and oxygen atoms in total. The Bertz CT molecular complexity index is 482. The van der Waals surface area contributed by atoms with Gasteiger partial charge in [0.15, 0.2) is 5.03 Å². The van der Waals surface area contributed by atoms with Crippen LogP contribution in [0.1, 0.15) is 12.8 Å². The van der Waals surface area contributed by atoms with E-state index in [0.29, 0.717) is 25.6 Å². The van der Waals surface area contributed by atoms with Crippen molar-refractivity contribution in [2.45, 2.75) is 17.9 Å². The molecule has 17 heavy (non-hydrogen) atoms. The van der Waals surface area contributed by atoms with Crippen LogP contribution in [-0.4, -0.2) is 41.9 Å². The first kappa shape index (κ1) is 12.5. The van der Waals surface area contributed by atoms with Crippen LogP contribution in [0.2, 0.25) is 0 Å². The molecule has 0 radical (unpaired) electrons. The highest BCUT2D eigenvalue weighted by Gasteiger charge is 2.33. The lowest BCUT2D eigenvalue weighted by molar-refractivity contribution is 0.447. The average molecular weight is 258 g/mol. The van der Waals surface area contributed by atoms with Gasteiger partial charge in [0.05, 0.1) is 6.33 Å². The Hall–Kier alpha value is -0.920. The molecule has 0 amide bonds. The fourth-order valence-electron chi connectivity index (χ4n) is 2.14. The van der Waals surface area contributed by atoms with E-state index in [9.17, 15) is 8.42 Å². The lowest BCUT2D eigenvalue weighted by atomic mass is 10.1. The van der Waals surface area contributed by atoms with Gasteiger partial charge in [-0.25, -0.2) is 13.4 Å². The first-order valence-electron chi connectivity index (χ1n) is 5.72. The highest BCUT2D eigenvalue weighted by Crippen LogP contribution is 2.24. The third-order valence-electron chi connectivity index (χ3n) is 3.11. The van der Waals surface area contributed by atoms with E-state index in [4.69, 9.17) is 5.73 Å². The molecule has 2 rings (SSSR count). The zero-order valence-electron chi connectivity index (χ0n) is 9.91. The van der Waals surface area contributed by atoms with Crippen LogP contribution in [0.3, 0.4) is 0 Å². The fraction of sp³-hybridized carbons (Fsp3) is 0.700. The van der Waals surface area contributed by atoms with E-state index in [-0.39, 0.29) is 5.03 Å². The summed E-state index contributed by atoms with van der Waals surface area (Å²) in [6.45, 7) is 1.75. The SMILES string of the molecule is Cn1cnc(S(=O)(=O)N2CCC(CCN)C2)c1. The Morgan fingerprint density at radius 2 is 2.35 bits per heavy atom. The van der Waals surface area contributed by atoms with E-state index in [1.54, 1.807) is 11.6 Å². The lowest BCUT2D eigenvalue weighted by Gasteiger charge is -2.14. The normalized spacial score (nSPS) is 22.1. The number of aromatic nitrogens is 2. The molecule has 7 heteroatoms. The Morgan fingerprint density at radius 3 is 2.94 bits per heavy atom. The molecule has 1 unspecified atom stereocenters. The van der Waals surface area contributed by atoms with Crippen LogP contribution in [0.5, 0.6) is 0 Å². The van der Waals surface area contributed by atoms with Crippen molar-refractivity contribution in [2.75, 3.05) is 19.6 Å². The maximum atomic E-state index is 12.2. The zero-order valence-corrected chi connectivity index (χ0v) is 10.7. The van der Waals surface area contributed by atoms with Gasteiger partial charge in [0.2, 0.25) is 0 Å². The molecule has 1 aromatic heterocycles. The monoisotopic (exact) mass is 258 g/mol. The summed E-state index contributed by atoms with van der Waals surface area (Å²) >= 11 is 0. The van der Waals surface area contributed by atoms with Crippen molar-refractivity contribution in [3.63, 3.8) is 0 Å². The summed E-state index contributed by atoms with van der Waals surface area (Å²) in [5.74, 6) is 0.387. The quantitative estimate of drug-likeness (QED) is 0.809. The molecule has 1 saturated heterocycles. The van der Waals surface area contributed by atoms with Crippen LogP contribution in [0.4, 0.5) is 0 Å². The highest BCUT2D eigenvalue weighted by atomic mass is 32.2. The Labute approximate surface area is 101 Å². The molecule has 1 fully saturated rings. The van der Waals surface area contributed by atoms with Crippen LogP contribution in [0, 0.1) is 5.92 Å². The van der Waals surface area contributed by atoms with E-state index in [2.05, 4.69) is 4.98 Å². The summed E-state index contributed by atoms with van der Waals surface area (Å²) in [5.41, 5.74) is 5.49. The minimum atomic E-state index is -3.41. The van der Waals surface area contributed by atoms with Gasteiger partial charge in [-0.05, 0) is 25.3 Å². The van der Waals surface area contributed by atoms with Crippen LogP contribution < -0.4 is 5.73 Å². The number of nitrogens with zero attached hydrogens (tertiary/aromatic N) is 3. The number of hydrogen-bond donors (Lipinski definition) is 1. The second-order valence-electron chi connectivity index (χ2n) is 4.47. The summed E-state index contributed by atoms with van der Waals surface area (Å²) in [4.78, 5) is 3.91. The first-order chi connectivity index (χ1) is 8.04. The van der Waals surface area contributed by atoms with Gasteiger partial charge >= 0.3 is 0 Å². The molecule has 1 aliphatic rings. The second-order valence-corrected chi connectivity index (χ2v) is 6.36. The van der Waals surface area contributed by atoms with E-state index in [1.165, 1.54) is 16.8 Å². The molecule has 1 atom stereocenters. The van der Waals surface area contributed by atoms with Crippen molar-refractivity contribution in [1.29, 1.82) is 0 Å². The van der Waals surface area contributed by atoms with Crippen LogP contribution >= 0.6 is 0 Å². The number of nitrogens with two attached hydrogens (primary N) is 1. The molecule has 0 spiro atoms. The summed E-state index contributed by atoms with van der Waals surface area (Å²) in [6.07, 6.45) is 4.81. The van der Waals surface area contributed by atoms with Gasteiger partial charge in [-0.3, -0.25) is 0 Å². The summed E-state index contributed by atoms with van der Waals surface area (Å²) in [6, 6.07) is 0. The number of rotatable bonds is 4. The summed E-state index contributed by atoms with van der Waals surface area (Å²) < 4.78 is 27.6. The second kappa shape index (κ2) is 4.75. The van der Waals surface area contributed by atoms with Gasteiger partial charge in [-0.1, -0.05) is 0 Å². The van der Waals surface area contributed by atoms with Crippen LogP contribution in [0.15, 0.2) is 17.6 Å². The van der Waals surface area contributed by atoms with Gasteiger partial charge in [0.1, 0.15) is 0 Å². The Balaban J connectivity index is 2.13. The molecule has 0 aromatic carbocycles. The fourth-order valence-corrected chi connectivity index (χ4v) is 3.64. The van der Waals surface area contributed by atoms with Crippen LogP contribution in [-0.2, 0) is 17.1 Å².